The maximum atomic E-state index is 13.4. The monoisotopic (exact) mass is 922 g/mol. The van der Waals surface area contributed by atoms with Gasteiger partial charge in [-0.15, -0.1) is 0 Å². The van der Waals surface area contributed by atoms with E-state index in [9.17, 15) is 24.0 Å². The van der Waals surface area contributed by atoms with Crippen molar-refractivity contribution >= 4 is 51.6 Å². The highest BCUT2D eigenvalue weighted by atomic mass is 16.6. The second-order valence-electron chi connectivity index (χ2n) is 18.1. The summed E-state index contributed by atoms with van der Waals surface area (Å²) in [6, 6.07) is 9.20. The predicted molar refractivity (Wildman–Crippen MR) is 249 cm³/mol. The zero-order valence-electron chi connectivity index (χ0n) is 38.3. The molecule has 3 amide bonds. The molecule has 2 atom stereocenters. The summed E-state index contributed by atoms with van der Waals surface area (Å²) in [5.74, 6) is 0.723. The third-order valence-corrected chi connectivity index (χ3v) is 12.4. The van der Waals surface area contributed by atoms with Crippen molar-refractivity contribution in [1.82, 2.24) is 20.0 Å². The Morgan fingerprint density at radius 2 is 1.06 bits per heavy atom. The minimum absolute atomic E-state index is 0.0833. The largest absolute Gasteiger partial charge is 0.444 e. The van der Waals surface area contributed by atoms with Crippen LogP contribution in [0.1, 0.15) is 64.7 Å². The summed E-state index contributed by atoms with van der Waals surface area (Å²) in [4.78, 5) is 75.1. The summed E-state index contributed by atoms with van der Waals surface area (Å²) in [5, 5.41) is 4.11. The number of carbonyl (C=O) groups is 3. The standard InChI is InChI=1S/C27H33N3O7.C22H25N3O5/c1-27(2,3)37-26(33)30-6-4-5-21(30)19-15-18(25(32)29-9-13-35-14-10-29)16-20-22(31)17-23(36-24(19)20)28-7-11-34-12-8-28;26-19-14-20(24-4-8-28-9-5-24)30-21-16(18-2-1-3-23-18)12-15(13-17(19)21)22(27)25-6-10-29-11-7-25/h4-5,15-17,21H,6-14H2,1-3H3;1-2,12-14,18,23H,3-11H2. The van der Waals surface area contributed by atoms with Crippen LogP contribution in [0.2, 0.25) is 0 Å². The van der Waals surface area contributed by atoms with Crippen LogP contribution in [0.4, 0.5) is 16.6 Å². The van der Waals surface area contributed by atoms with E-state index in [1.807, 2.05) is 60.9 Å². The van der Waals surface area contributed by atoms with Crippen molar-refractivity contribution in [3.63, 3.8) is 0 Å². The van der Waals surface area contributed by atoms with Crippen LogP contribution in [0.25, 0.3) is 21.9 Å². The second-order valence-corrected chi connectivity index (χ2v) is 18.1. The van der Waals surface area contributed by atoms with Gasteiger partial charge in [0.05, 0.1) is 75.7 Å². The van der Waals surface area contributed by atoms with Gasteiger partial charge in [0.25, 0.3) is 11.8 Å². The number of benzene rings is 2. The van der Waals surface area contributed by atoms with Crippen LogP contribution in [0.15, 0.2) is 79.1 Å². The highest BCUT2D eigenvalue weighted by Gasteiger charge is 2.34. The lowest BCUT2D eigenvalue weighted by atomic mass is 9.99. The molecular formula is C49H58N6O12. The number of hydrogen-bond donors (Lipinski definition) is 1. The molecule has 4 saturated heterocycles. The SMILES string of the molecule is CC(C)(C)OC(=O)N1CC=CC1c1cc(C(=O)N2CCOCC2)cc2c(=O)cc(N3CCOCC3)oc12.O=C(c1cc(C2C=CCN2)c2oc(N3CCOCC3)cc(=O)c2c1)N1CCOCC1. The van der Waals surface area contributed by atoms with Gasteiger partial charge in [0, 0.05) is 99.8 Å². The van der Waals surface area contributed by atoms with Crippen LogP contribution in [0, 0.1) is 0 Å². The lowest BCUT2D eigenvalue weighted by molar-refractivity contribution is 0.0240. The van der Waals surface area contributed by atoms with Crippen LogP contribution >= 0.6 is 0 Å². The van der Waals surface area contributed by atoms with Crippen LogP contribution in [-0.4, -0.2) is 157 Å². The zero-order chi connectivity index (χ0) is 46.7. The lowest BCUT2D eigenvalue weighted by Crippen LogP contribution is -2.41. The zero-order valence-corrected chi connectivity index (χ0v) is 38.3. The second kappa shape index (κ2) is 20.0. The fraction of sp³-hybridized carbons (Fsp3) is 0.490. The quantitative estimate of drug-likeness (QED) is 0.271. The summed E-state index contributed by atoms with van der Waals surface area (Å²) in [6.07, 6.45) is 7.35. The van der Waals surface area contributed by atoms with E-state index in [1.54, 1.807) is 32.9 Å². The van der Waals surface area contributed by atoms with Gasteiger partial charge in [0.1, 0.15) is 16.8 Å². The van der Waals surface area contributed by atoms with Crippen molar-refractivity contribution in [3.8, 4) is 0 Å². The van der Waals surface area contributed by atoms with Crippen LogP contribution in [0.5, 0.6) is 0 Å². The van der Waals surface area contributed by atoms with Gasteiger partial charge >= 0.3 is 6.09 Å². The number of anilines is 2. The molecule has 10 rings (SSSR count). The molecule has 4 fully saturated rings. The molecule has 356 valence electrons. The number of fused-ring (bicyclic) bond motifs is 2. The lowest BCUT2D eigenvalue weighted by Gasteiger charge is -2.30. The summed E-state index contributed by atoms with van der Waals surface area (Å²) < 4.78 is 39.9. The predicted octanol–water partition coefficient (Wildman–Crippen LogP) is 4.25. The van der Waals surface area contributed by atoms with Gasteiger partial charge in [-0.1, -0.05) is 24.3 Å². The fourth-order valence-electron chi connectivity index (χ4n) is 9.00. The summed E-state index contributed by atoms with van der Waals surface area (Å²) in [7, 11) is 0. The molecule has 2 aromatic heterocycles. The van der Waals surface area contributed by atoms with Crippen LogP contribution < -0.4 is 26.0 Å². The number of nitrogens with zero attached hydrogens (tertiary/aromatic N) is 5. The van der Waals surface area contributed by atoms with E-state index >= 15 is 0 Å². The highest BCUT2D eigenvalue weighted by Crippen LogP contribution is 2.36. The maximum absolute atomic E-state index is 13.4. The van der Waals surface area contributed by atoms with E-state index in [4.69, 9.17) is 32.5 Å². The van der Waals surface area contributed by atoms with Gasteiger partial charge in [0.2, 0.25) is 0 Å². The summed E-state index contributed by atoms with van der Waals surface area (Å²) in [5.41, 5.74) is 2.10. The van der Waals surface area contributed by atoms with Gasteiger partial charge < -0.3 is 57.4 Å². The third-order valence-electron chi connectivity index (χ3n) is 12.4. The molecule has 0 spiro atoms. The summed E-state index contributed by atoms with van der Waals surface area (Å²) >= 11 is 0. The highest BCUT2D eigenvalue weighted by molar-refractivity contribution is 6.00. The number of ether oxygens (including phenoxy) is 5. The number of carbonyl (C=O) groups excluding carboxylic acids is 3. The van der Waals surface area contributed by atoms with Crippen molar-refractivity contribution < 1.29 is 46.9 Å². The van der Waals surface area contributed by atoms with Crippen LogP contribution in [0.3, 0.4) is 0 Å². The average Bonchev–Trinajstić information content (AvgIpc) is 4.08. The Morgan fingerprint density at radius 3 is 1.52 bits per heavy atom. The molecule has 18 heteroatoms. The minimum atomic E-state index is -0.670. The van der Waals surface area contributed by atoms with Crippen molar-refractivity contribution in [1.29, 1.82) is 0 Å². The molecule has 67 heavy (non-hydrogen) atoms. The Bertz CT molecular complexity index is 2670. The fourth-order valence-corrected chi connectivity index (χ4v) is 9.00. The first-order valence-corrected chi connectivity index (χ1v) is 23.1. The van der Waals surface area contributed by atoms with Crippen molar-refractivity contribution in [3.05, 3.63) is 103 Å². The Balaban J connectivity index is 0.000000171. The van der Waals surface area contributed by atoms with Gasteiger partial charge in [-0.05, 0) is 45.0 Å². The maximum Gasteiger partial charge on any atom is 0.411 e. The van der Waals surface area contributed by atoms with Crippen LogP contribution in [-0.2, 0) is 23.7 Å². The molecule has 2 aromatic carbocycles. The molecule has 0 aliphatic carbocycles. The number of nitrogens with one attached hydrogen (secondary N) is 1. The Morgan fingerprint density at radius 1 is 0.597 bits per heavy atom. The molecule has 0 bridgehead atoms. The van der Waals surface area contributed by atoms with E-state index in [2.05, 4.69) is 5.32 Å². The van der Waals surface area contributed by atoms with E-state index in [0.29, 0.717) is 162 Å². The van der Waals surface area contributed by atoms with Gasteiger partial charge in [0.15, 0.2) is 22.6 Å². The van der Waals surface area contributed by atoms with Crippen molar-refractivity contribution in [2.24, 2.45) is 0 Å². The molecule has 6 aliphatic rings. The number of hydrogen-bond acceptors (Lipinski definition) is 15. The number of morpholine rings is 4. The smallest absolute Gasteiger partial charge is 0.411 e. The minimum Gasteiger partial charge on any atom is -0.444 e. The van der Waals surface area contributed by atoms with Gasteiger partial charge in [-0.3, -0.25) is 24.1 Å². The van der Waals surface area contributed by atoms with E-state index in [0.717, 1.165) is 12.1 Å². The first-order valence-electron chi connectivity index (χ1n) is 23.1. The first-order chi connectivity index (χ1) is 32.4. The Kier molecular flexibility index (Phi) is 13.8. The molecule has 18 nitrogen and oxygen atoms in total. The molecular weight excluding hydrogens is 865 g/mol. The normalized spacial score (nSPS) is 21.2. The van der Waals surface area contributed by atoms with Gasteiger partial charge in [-0.25, -0.2) is 4.79 Å². The molecule has 6 aliphatic heterocycles. The van der Waals surface area contributed by atoms with E-state index < -0.39 is 17.7 Å². The summed E-state index contributed by atoms with van der Waals surface area (Å²) in [6.45, 7) is 15.4. The first kappa shape index (κ1) is 46.1. The van der Waals surface area contributed by atoms with E-state index in [-0.39, 0.29) is 28.7 Å². The molecule has 0 radical (unpaired) electrons. The Hall–Kier alpha value is -6.05. The molecule has 2 unspecified atom stereocenters. The molecule has 4 aromatic rings. The molecule has 1 N–H and O–H groups in total. The number of amides is 3. The number of rotatable bonds is 6. The average molecular weight is 923 g/mol. The third kappa shape index (κ3) is 10.3. The Labute approximate surface area is 387 Å². The van der Waals surface area contributed by atoms with Crippen molar-refractivity contribution in [2.75, 3.05) is 128 Å². The molecule has 8 heterocycles. The molecule has 0 saturated carbocycles. The topological polar surface area (TPSA) is 186 Å². The van der Waals surface area contributed by atoms with Crippen molar-refractivity contribution in [2.45, 2.75) is 38.5 Å². The van der Waals surface area contributed by atoms with Gasteiger partial charge in [-0.2, -0.15) is 0 Å². The van der Waals surface area contributed by atoms with E-state index in [1.165, 1.54) is 12.1 Å².